The summed E-state index contributed by atoms with van der Waals surface area (Å²) in [7, 11) is 0. The topological polar surface area (TPSA) is 40.5 Å². The van der Waals surface area contributed by atoms with E-state index in [9.17, 15) is 10.2 Å². The lowest BCUT2D eigenvalue weighted by molar-refractivity contribution is 0.474. The molecule has 4 aromatic carbocycles. The second-order valence-electron chi connectivity index (χ2n) is 6.59. The van der Waals surface area contributed by atoms with E-state index >= 15 is 0 Å². The third-order valence-corrected chi connectivity index (χ3v) is 4.73. The van der Waals surface area contributed by atoms with Crippen molar-refractivity contribution in [2.24, 2.45) is 0 Å². The SMILES string of the molecule is Oc1ccc(-c2ccccc2)c(Cc2cc(O)ccc2-c2ccccc2)c1. The summed E-state index contributed by atoms with van der Waals surface area (Å²) in [5.41, 5.74) is 6.40. The van der Waals surface area contributed by atoms with Gasteiger partial charge in [-0.1, -0.05) is 72.8 Å². The average molecular weight is 352 g/mol. The Hall–Kier alpha value is -3.52. The third kappa shape index (κ3) is 3.70. The number of benzene rings is 4. The van der Waals surface area contributed by atoms with Crippen molar-refractivity contribution in [3.05, 3.63) is 108 Å². The number of rotatable bonds is 4. The summed E-state index contributed by atoms with van der Waals surface area (Å²) in [5, 5.41) is 20.1. The van der Waals surface area contributed by atoms with Crippen LogP contribution in [0.1, 0.15) is 11.1 Å². The minimum Gasteiger partial charge on any atom is -0.508 e. The van der Waals surface area contributed by atoms with Gasteiger partial charge in [0, 0.05) is 0 Å². The summed E-state index contributed by atoms with van der Waals surface area (Å²) in [5.74, 6) is 0.484. The molecule has 2 N–H and O–H groups in total. The zero-order valence-corrected chi connectivity index (χ0v) is 14.8. The summed E-state index contributed by atoms with van der Waals surface area (Å²) in [6.45, 7) is 0. The minimum absolute atomic E-state index is 0.242. The molecular formula is C25H20O2. The van der Waals surface area contributed by atoms with Gasteiger partial charge in [-0.05, 0) is 64.1 Å². The van der Waals surface area contributed by atoms with Crippen LogP contribution in [-0.2, 0) is 6.42 Å². The Morgan fingerprint density at radius 2 is 0.889 bits per heavy atom. The van der Waals surface area contributed by atoms with Crippen molar-refractivity contribution in [1.82, 2.24) is 0 Å². The van der Waals surface area contributed by atoms with E-state index in [1.807, 2.05) is 48.5 Å². The molecule has 0 fully saturated rings. The summed E-state index contributed by atoms with van der Waals surface area (Å²) >= 11 is 0. The highest BCUT2D eigenvalue weighted by molar-refractivity contribution is 5.72. The molecule has 2 heteroatoms. The fourth-order valence-corrected chi connectivity index (χ4v) is 3.46. The summed E-state index contributed by atoms with van der Waals surface area (Å²) in [4.78, 5) is 0. The van der Waals surface area contributed by atoms with E-state index < -0.39 is 0 Å². The smallest absolute Gasteiger partial charge is 0.115 e. The monoisotopic (exact) mass is 352 g/mol. The fraction of sp³-hybridized carbons (Fsp3) is 0.0400. The van der Waals surface area contributed by atoms with Crippen LogP contribution < -0.4 is 0 Å². The highest BCUT2D eigenvalue weighted by Crippen LogP contribution is 2.33. The lowest BCUT2D eigenvalue weighted by Crippen LogP contribution is -1.95. The Bertz CT molecular complexity index is 967. The van der Waals surface area contributed by atoms with E-state index in [1.165, 1.54) is 0 Å². The summed E-state index contributed by atoms with van der Waals surface area (Å²) < 4.78 is 0. The molecule has 27 heavy (non-hydrogen) atoms. The van der Waals surface area contributed by atoms with E-state index in [4.69, 9.17) is 0 Å². The van der Waals surface area contributed by atoms with E-state index in [1.54, 1.807) is 24.3 Å². The van der Waals surface area contributed by atoms with Crippen LogP contribution in [0.5, 0.6) is 11.5 Å². The molecule has 0 aliphatic heterocycles. The zero-order chi connectivity index (χ0) is 18.6. The molecule has 0 saturated carbocycles. The van der Waals surface area contributed by atoms with Gasteiger partial charge < -0.3 is 10.2 Å². The number of hydrogen-bond acceptors (Lipinski definition) is 2. The molecule has 0 aliphatic rings. The first-order valence-corrected chi connectivity index (χ1v) is 8.95. The molecular weight excluding hydrogens is 332 g/mol. The van der Waals surface area contributed by atoms with Gasteiger partial charge in [-0.2, -0.15) is 0 Å². The zero-order valence-electron chi connectivity index (χ0n) is 14.8. The number of phenols is 2. The molecule has 0 radical (unpaired) electrons. The summed E-state index contributed by atoms with van der Waals surface area (Å²) in [6.07, 6.45) is 0.608. The maximum Gasteiger partial charge on any atom is 0.115 e. The average Bonchev–Trinajstić information content (AvgIpc) is 2.70. The number of hydrogen-bond donors (Lipinski definition) is 2. The Kier molecular flexibility index (Phi) is 4.63. The van der Waals surface area contributed by atoms with Gasteiger partial charge in [0.25, 0.3) is 0 Å². The van der Waals surface area contributed by atoms with Crippen LogP contribution in [0, 0.1) is 0 Å². The lowest BCUT2D eigenvalue weighted by Gasteiger charge is -2.14. The standard InChI is InChI=1S/C25H20O2/c26-22-11-13-24(18-7-3-1-4-8-18)20(16-22)15-21-17-23(27)12-14-25(21)19-9-5-2-6-10-19/h1-14,16-17,26-27H,15H2. The van der Waals surface area contributed by atoms with E-state index in [-0.39, 0.29) is 11.5 Å². The molecule has 0 aliphatic carbocycles. The molecule has 0 saturated heterocycles. The van der Waals surface area contributed by atoms with Crippen LogP contribution in [0.3, 0.4) is 0 Å². The molecule has 0 heterocycles. The van der Waals surface area contributed by atoms with Crippen molar-refractivity contribution in [2.75, 3.05) is 0 Å². The highest BCUT2D eigenvalue weighted by Gasteiger charge is 2.12. The first kappa shape index (κ1) is 16.9. The number of phenolic OH excluding ortho intramolecular Hbond substituents is 2. The lowest BCUT2D eigenvalue weighted by atomic mass is 9.90. The molecule has 0 spiro atoms. The molecule has 0 unspecified atom stereocenters. The van der Waals surface area contributed by atoms with Crippen LogP contribution in [0.4, 0.5) is 0 Å². The maximum absolute atomic E-state index is 10.1. The van der Waals surface area contributed by atoms with Crippen molar-refractivity contribution < 1.29 is 10.2 Å². The second-order valence-corrected chi connectivity index (χ2v) is 6.59. The molecule has 0 bridgehead atoms. The van der Waals surface area contributed by atoms with Crippen molar-refractivity contribution in [3.63, 3.8) is 0 Å². The third-order valence-electron chi connectivity index (χ3n) is 4.73. The van der Waals surface area contributed by atoms with Crippen LogP contribution >= 0.6 is 0 Å². The maximum atomic E-state index is 10.1. The van der Waals surface area contributed by atoms with Crippen LogP contribution in [0.25, 0.3) is 22.3 Å². The number of aromatic hydroxyl groups is 2. The Morgan fingerprint density at radius 1 is 0.481 bits per heavy atom. The largest absolute Gasteiger partial charge is 0.508 e. The predicted molar refractivity (Wildman–Crippen MR) is 110 cm³/mol. The molecule has 4 rings (SSSR count). The van der Waals surface area contributed by atoms with Gasteiger partial charge in [-0.15, -0.1) is 0 Å². The van der Waals surface area contributed by atoms with Gasteiger partial charge >= 0.3 is 0 Å². The van der Waals surface area contributed by atoms with Gasteiger partial charge in [0.2, 0.25) is 0 Å². The van der Waals surface area contributed by atoms with E-state index in [0.29, 0.717) is 6.42 Å². The van der Waals surface area contributed by atoms with Crippen molar-refractivity contribution >= 4 is 0 Å². The Morgan fingerprint density at radius 3 is 1.30 bits per heavy atom. The Labute approximate surface area is 159 Å². The first-order chi connectivity index (χ1) is 13.2. The predicted octanol–water partition coefficient (Wildman–Crippen LogP) is 6.02. The van der Waals surface area contributed by atoms with Crippen molar-refractivity contribution in [1.29, 1.82) is 0 Å². The van der Waals surface area contributed by atoms with E-state index in [2.05, 4.69) is 24.3 Å². The molecule has 4 aromatic rings. The van der Waals surface area contributed by atoms with E-state index in [0.717, 1.165) is 33.4 Å². The normalized spacial score (nSPS) is 10.7. The molecule has 0 amide bonds. The van der Waals surface area contributed by atoms with Gasteiger partial charge in [-0.25, -0.2) is 0 Å². The van der Waals surface area contributed by atoms with Gasteiger partial charge in [0.1, 0.15) is 11.5 Å². The van der Waals surface area contributed by atoms with Crippen molar-refractivity contribution in [2.45, 2.75) is 6.42 Å². The molecule has 2 nitrogen and oxygen atoms in total. The molecule has 0 atom stereocenters. The quantitative estimate of drug-likeness (QED) is 0.471. The van der Waals surface area contributed by atoms with Gasteiger partial charge in [-0.3, -0.25) is 0 Å². The van der Waals surface area contributed by atoms with Crippen LogP contribution in [0.15, 0.2) is 97.1 Å². The molecule has 0 aromatic heterocycles. The Balaban J connectivity index is 1.82. The van der Waals surface area contributed by atoms with Crippen LogP contribution in [-0.4, -0.2) is 10.2 Å². The fourth-order valence-electron chi connectivity index (χ4n) is 3.46. The van der Waals surface area contributed by atoms with Crippen LogP contribution in [0.2, 0.25) is 0 Å². The highest BCUT2D eigenvalue weighted by atomic mass is 16.3. The van der Waals surface area contributed by atoms with Gasteiger partial charge in [0.05, 0.1) is 0 Å². The van der Waals surface area contributed by atoms with Crippen molar-refractivity contribution in [3.8, 4) is 33.8 Å². The first-order valence-electron chi connectivity index (χ1n) is 8.95. The summed E-state index contributed by atoms with van der Waals surface area (Å²) in [6, 6.07) is 31.2. The molecule has 132 valence electrons. The van der Waals surface area contributed by atoms with Gasteiger partial charge in [0.15, 0.2) is 0 Å². The second kappa shape index (κ2) is 7.38. The minimum atomic E-state index is 0.242.